The molecule has 1 saturated heterocycles. The number of nitrogens with one attached hydrogen (secondary N) is 1. The van der Waals surface area contributed by atoms with Gasteiger partial charge < -0.3 is 10.1 Å². The number of benzene rings is 2. The Labute approximate surface area is 173 Å². The molecular weight excluding hydrogens is 386 g/mol. The number of para-hydroxylation sites is 1. The molecule has 0 spiro atoms. The molecule has 2 atom stereocenters. The highest BCUT2D eigenvalue weighted by Crippen LogP contribution is 2.39. The van der Waals surface area contributed by atoms with Gasteiger partial charge in [0.05, 0.1) is 29.6 Å². The number of fused-ring (bicyclic) bond motifs is 1. The second kappa shape index (κ2) is 7.98. The van der Waals surface area contributed by atoms with Crippen molar-refractivity contribution >= 4 is 28.9 Å². The maximum absolute atomic E-state index is 12.8. The van der Waals surface area contributed by atoms with E-state index in [-0.39, 0.29) is 35.0 Å². The van der Waals surface area contributed by atoms with Crippen LogP contribution in [0, 0.1) is 22.0 Å². The number of anilines is 2. The van der Waals surface area contributed by atoms with Gasteiger partial charge in [-0.1, -0.05) is 30.4 Å². The van der Waals surface area contributed by atoms with E-state index in [1.807, 2.05) is 36.4 Å². The first-order valence-electron chi connectivity index (χ1n) is 9.68. The van der Waals surface area contributed by atoms with Crippen LogP contribution in [-0.2, 0) is 16.1 Å². The smallest absolute Gasteiger partial charge is 0.294 e. The van der Waals surface area contributed by atoms with E-state index in [1.54, 1.807) is 13.2 Å². The van der Waals surface area contributed by atoms with E-state index in [0.717, 1.165) is 10.5 Å². The van der Waals surface area contributed by atoms with Crippen LogP contribution < -0.4 is 15.0 Å². The number of methoxy groups -OCH3 is 1. The van der Waals surface area contributed by atoms with Gasteiger partial charge in [0.1, 0.15) is 11.4 Å². The molecule has 4 rings (SSSR count). The molecule has 2 amide bonds. The fraction of sp³-hybridized carbons (Fsp3) is 0.273. The largest absolute Gasteiger partial charge is 0.496 e. The fourth-order valence-corrected chi connectivity index (χ4v) is 4.05. The third-order valence-corrected chi connectivity index (χ3v) is 5.61. The molecule has 0 radical (unpaired) electrons. The van der Waals surface area contributed by atoms with Crippen molar-refractivity contribution in [1.29, 1.82) is 0 Å². The molecule has 1 N–H and O–H groups in total. The molecule has 8 heteroatoms. The number of carbonyl (C=O) groups is 2. The maximum atomic E-state index is 12.8. The van der Waals surface area contributed by atoms with E-state index in [9.17, 15) is 19.7 Å². The number of hydrogen-bond donors (Lipinski definition) is 1. The second-order valence-electron chi connectivity index (χ2n) is 7.29. The predicted octanol–water partition coefficient (Wildman–Crippen LogP) is 3.67. The number of nitro benzene ring substituents is 1. The predicted molar refractivity (Wildman–Crippen MR) is 111 cm³/mol. The molecule has 30 heavy (non-hydrogen) atoms. The first kappa shape index (κ1) is 19.6. The summed E-state index contributed by atoms with van der Waals surface area (Å²) in [6.45, 7) is 0.321. The standard InChI is InChI=1S/C22H21N3O5/c1-30-20-9-5-2-6-14(20)13-23-18-11-10-15(12-19(18)25(28)29)24-21(26)16-7-3-4-8-17(16)22(24)27/h2-6,9-12,16-17,23H,7-8,13H2,1H3/t16-,17-/m1/s1. The van der Waals surface area contributed by atoms with Crippen LogP contribution in [0.4, 0.5) is 17.1 Å². The van der Waals surface area contributed by atoms with Gasteiger partial charge in [0.25, 0.3) is 5.69 Å². The Morgan fingerprint density at radius 3 is 2.40 bits per heavy atom. The summed E-state index contributed by atoms with van der Waals surface area (Å²) in [6, 6.07) is 11.8. The van der Waals surface area contributed by atoms with E-state index in [2.05, 4.69) is 5.32 Å². The Bertz CT molecular complexity index is 1020. The van der Waals surface area contributed by atoms with Crippen molar-refractivity contribution in [2.24, 2.45) is 11.8 Å². The molecule has 0 unspecified atom stereocenters. The minimum absolute atomic E-state index is 0.198. The average Bonchev–Trinajstić information content (AvgIpc) is 3.02. The van der Waals surface area contributed by atoms with Gasteiger partial charge in [-0.3, -0.25) is 19.7 Å². The summed E-state index contributed by atoms with van der Waals surface area (Å²) in [6.07, 6.45) is 4.85. The Kier molecular flexibility index (Phi) is 5.22. The lowest BCUT2D eigenvalue weighted by atomic mass is 9.85. The highest BCUT2D eigenvalue weighted by molar-refractivity contribution is 6.22. The van der Waals surface area contributed by atoms with Gasteiger partial charge in [0.15, 0.2) is 0 Å². The lowest BCUT2D eigenvalue weighted by Crippen LogP contribution is -2.30. The van der Waals surface area contributed by atoms with Crippen molar-refractivity contribution < 1.29 is 19.2 Å². The SMILES string of the molecule is COc1ccccc1CNc1ccc(N2C(=O)[C@@H]3CC=CC[C@H]3C2=O)cc1[N+](=O)[O-]. The summed E-state index contributed by atoms with van der Waals surface area (Å²) in [5.41, 5.74) is 1.18. The van der Waals surface area contributed by atoms with E-state index < -0.39 is 4.92 Å². The molecule has 0 bridgehead atoms. The van der Waals surface area contributed by atoms with Crippen LogP contribution in [-0.4, -0.2) is 23.8 Å². The molecule has 0 saturated carbocycles. The normalized spacial score (nSPS) is 20.2. The van der Waals surface area contributed by atoms with Crippen LogP contribution in [0.25, 0.3) is 0 Å². The van der Waals surface area contributed by atoms with E-state index in [0.29, 0.717) is 30.8 Å². The molecule has 8 nitrogen and oxygen atoms in total. The van der Waals surface area contributed by atoms with Crippen LogP contribution >= 0.6 is 0 Å². The molecule has 1 fully saturated rings. The maximum Gasteiger partial charge on any atom is 0.294 e. The summed E-state index contributed by atoms with van der Waals surface area (Å²) >= 11 is 0. The summed E-state index contributed by atoms with van der Waals surface area (Å²) in [5.74, 6) is -0.680. The summed E-state index contributed by atoms with van der Waals surface area (Å²) in [5, 5.41) is 14.7. The summed E-state index contributed by atoms with van der Waals surface area (Å²) in [4.78, 5) is 37.8. The van der Waals surface area contributed by atoms with Crippen LogP contribution in [0.15, 0.2) is 54.6 Å². The number of hydrogen-bond acceptors (Lipinski definition) is 6. The number of allylic oxidation sites excluding steroid dienone is 2. The number of ether oxygens (including phenoxy) is 1. The highest BCUT2D eigenvalue weighted by atomic mass is 16.6. The zero-order valence-corrected chi connectivity index (χ0v) is 16.4. The molecule has 2 aromatic rings. The van der Waals surface area contributed by atoms with Crippen LogP contribution in [0.1, 0.15) is 18.4 Å². The molecule has 1 aliphatic heterocycles. The van der Waals surface area contributed by atoms with E-state index >= 15 is 0 Å². The Morgan fingerprint density at radius 1 is 1.10 bits per heavy atom. The van der Waals surface area contributed by atoms with Crippen molar-refractivity contribution in [3.05, 3.63) is 70.3 Å². The van der Waals surface area contributed by atoms with Gasteiger partial charge >= 0.3 is 0 Å². The number of imide groups is 1. The monoisotopic (exact) mass is 407 g/mol. The minimum Gasteiger partial charge on any atom is -0.496 e. The number of carbonyl (C=O) groups excluding carboxylic acids is 2. The molecule has 2 aromatic carbocycles. The van der Waals surface area contributed by atoms with Gasteiger partial charge in [-0.25, -0.2) is 4.90 Å². The third-order valence-electron chi connectivity index (χ3n) is 5.61. The number of rotatable bonds is 6. The fourth-order valence-electron chi connectivity index (χ4n) is 4.05. The lowest BCUT2D eigenvalue weighted by Gasteiger charge is -2.16. The minimum atomic E-state index is -0.520. The number of nitrogens with zero attached hydrogens (tertiary/aromatic N) is 2. The van der Waals surface area contributed by atoms with E-state index in [1.165, 1.54) is 12.1 Å². The Balaban J connectivity index is 1.60. The van der Waals surface area contributed by atoms with Crippen molar-refractivity contribution in [3.8, 4) is 5.75 Å². The molecular formula is C22H21N3O5. The molecule has 1 heterocycles. The average molecular weight is 407 g/mol. The van der Waals surface area contributed by atoms with E-state index in [4.69, 9.17) is 4.74 Å². The van der Waals surface area contributed by atoms with Gasteiger partial charge in [0.2, 0.25) is 11.8 Å². The quantitative estimate of drug-likeness (QED) is 0.339. The summed E-state index contributed by atoms with van der Waals surface area (Å²) in [7, 11) is 1.56. The topological polar surface area (TPSA) is 102 Å². The Morgan fingerprint density at radius 2 is 1.77 bits per heavy atom. The zero-order chi connectivity index (χ0) is 21.3. The van der Waals surface area contributed by atoms with Gasteiger partial charge in [-0.15, -0.1) is 0 Å². The van der Waals surface area contributed by atoms with Crippen LogP contribution in [0.3, 0.4) is 0 Å². The molecule has 0 aromatic heterocycles. The van der Waals surface area contributed by atoms with Gasteiger partial charge in [0, 0.05) is 18.2 Å². The first-order valence-corrected chi connectivity index (χ1v) is 9.68. The number of amides is 2. The van der Waals surface area contributed by atoms with Crippen molar-refractivity contribution in [3.63, 3.8) is 0 Å². The van der Waals surface area contributed by atoms with Crippen molar-refractivity contribution in [2.45, 2.75) is 19.4 Å². The lowest BCUT2D eigenvalue weighted by molar-refractivity contribution is -0.383. The molecule has 2 aliphatic rings. The summed E-state index contributed by atoms with van der Waals surface area (Å²) < 4.78 is 5.31. The first-order chi connectivity index (χ1) is 14.5. The van der Waals surface area contributed by atoms with Crippen LogP contribution in [0.5, 0.6) is 5.75 Å². The molecule has 1 aliphatic carbocycles. The Hall–Kier alpha value is -3.68. The van der Waals surface area contributed by atoms with Gasteiger partial charge in [-0.05, 0) is 31.0 Å². The molecule has 154 valence electrons. The third kappa shape index (κ3) is 3.41. The number of nitro groups is 1. The zero-order valence-electron chi connectivity index (χ0n) is 16.4. The van der Waals surface area contributed by atoms with Crippen molar-refractivity contribution in [2.75, 3.05) is 17.3 Å². The van der Waals surface area contributed by atoms with Gasteiger partial charge in [-0.2, -0.15) is 0 Å². The van der Waals surface area contributed by atoms with Crippen molar-refractivity contribution in [1.82, 2.24) is 0 Å². The highest BCUT2D eigenvalue weighted by Gasteiger charge is 2.48. The second-order valence-corrected chi connectivity index (χ2v) is 7.29. The van der Waals surface area contributed by atoms with Crippen LogP contribution in [0.2, 0.25) is 0 Å².